The summed E-state index contributed by atoms with van der Waals surface area (Å²) in [6, 6.07) is 10.2. The van der Waals surface area contributed by atoms with E-state index in [2.05, 4.69) is 39.8 Å². The summed E-state index contributed by atoms with van der Waals surface area (Å²) < 4.78 is 0. The molecule has 2 aromatic rings. The van der Waals surface area contributed by atoms with E-state index in [4.69, 9.17) is 17.2 Å². The Kier molecular flexibility index (Phi) is 4.65. The third-order valence-corrected chi connectivity index (χ3v) is 4.16. The number of anilines is 3. The van der Waals surface area contributed by atoms with Crippen LogP contribution >= 0.6 is 0 Å². The van der Waals surface area contributed by atoms with Crippen molar-refractivity contribution in [3.05, 3.63) is 52.6 Å². The molecule has 0 aliphatic heterocycles. The molecule has 22 heavy (non-hydrogen) atoms. The molecule has 0 radical (unpaired) electrons. The van der Waals surface area contributed by atoms with Crippen LogP contribution in [0.5, 0.6) is 0 Å². The smallest absolute Gasteiger partial charge is 0.0405 e. The average Bonchev–Trinajstić information content (AvgIpc) is 2.43. The molecule has 0 aliphatic carbocycles. The first-order chi connectivity index (χ1) is 10.3. The largest absolute Gasteiger partial charge is 0.398 e. The van der Waals surface area contributed by atoms with Crippen molar-refractivity contribution in [1.82, 2.24) is 0 Å². The van der Waals surface area contributed by atoms with Gasteiger partial charge < -0.3 is 17.2 Å². The molecule has 0 atom stereocenters. The summed E-state index contributed by atoms with van der Waals surface area (Å²) in [4.78, 5) is 0. The fourth-order valence-corrected chi connectivity index (χ4v) is 2.95. The van der Waals surface area contributed by atoms with Crippen LogP contribution in [-0.4, -0.2) is 0 Å². The van der Waals surface area contributed by atoms with Crippen molar-refractivity contribution in [3.63, 3.8) is 0 Å². The van der Waals surface area contributed by atoms with E-state index >= 15 is 0 Å². The fraction of sp³-hybridized carbons (Fsp3) is 0.368. The number of rotatable bonds is 4. The maximum Gasteiger partial charge on any atom is 0.0405 e. The first kappa shape index (κ1) is 16.2. The van der Waals surface area contributed by atoms with Crippen LogP contribution in [0.3, 0.4) is 0 Å². The van der Waals surface area contributed by atoms with Gasteiger partial charge in [-0.15, -0.1) is 0 Å². The summed E-state index contributed by atoms with van der Waals surface area (Å²) in [5.41, 5.74) is 25.5. The van der Waals surface area contributed by atoms with E-state index in [9.17, 15) is 0 Å². The molecule has 2 aromatic carbocycles. The van der Waals surface area contributed by atoms with E-state index in [0.717, 1.165) is 34.6 Å². The number of nitrogens with two attached hydrogens (primary N) is 3. The molecule has 2 rings (SSSR count). The van der Waals surface area contributed by atoms with Gasteiger partial charge in [-0.3, -0.25) is 0 Å². The van der Waals surface area contributed by atoms with Gasteiger partial charge in [-0.25, -0.2) is 0 Å². The average molecular weight is 297 g/mol. The zero-order chi connectivity index (χ0) is 16.4. The normalized spacial score (nSPS) is 11.4. The molecule has 0 aromatic heterocycles. The third-order valence-electron chi connectivity index (χ3n) is 4.16. The van der Waals surface area contributed by atoms with Gasteiger partial charge in [-0.2, -0.15) is 0 Å². The highest BCUT2D eigenvalue weighted by Gasteiger charge is 2.13. The van der Waals surface area contributed by atoms with Crippen LogP contribution in [-0.2, 0) is 6.42 Å². The topological polar surface area (TPSA) is 78.1 Å². The molecule has 118 valence electrons. The second-order valence-corrected chi connectivity index (χ2v) is 6.59. The van der Waals surface area contributed by atoms with Crippen molar-refractivity contribution in [2.24, 2.45) is 0 Å². The molecule has 0 fully saturated rings. The monoisotopic (exact) mass is 297 g/mol. The number of nitrogen functional groups attached to an aromatic ring is 3. The standard InChI is InChI=1S/C19H27N3/c1-11(2)15-10-13(5-7-16(15)20)9-14-6-8-17(21)18(12(3)4)19(14)22/h5-8,10-12H,9,20-22H2,1-4H3. The Morgan fingerprint density at radius 2 is 1.45 bits per heavy atom. The molecule has 0 amide bonds. The zero-order valence-corrected chi connectivity index (χ0v) is 14.0. The van der Waals surface area contributed by atoms with Crippen LogP contribution in [0.4, 0.5) is 17.1 Å². The molecule has 0 aliphatic rings. The van der Waals surface area contributed by atoms with E-state index in [-0.39, 0.29) is 0 Å². The van der Waals surface area contributed by atoms with Gasteiger partial charge in [-0.1, -0.05) is 45.9 Å². The van der Waals surface area contributed by atoms with Crippen molar-refractivity contribution in [3.8, 4) is 0 Å². The first-order valence-corrected chi connectivity index (χ1v) is 7.86. The molecular weight excluding hydrogens is 270 g/mol. The van der Waals surface area contributed by atoms with Crippen molar-refractivity contribution < 1.29 is 0 Å². The summed E-state index contributed by atoms with van der Waals surface area (Å²) in [5.74, 6) is 0.729. The molecule has 0 unspecified atom stereocenters. The summed E-state index contributed by atoms with van der Waals surface area (Å²) in [7, 11) is 0. The van der Waals surface area contributed by atoms with E-state index in [0.29, 0.717) is 11.8 Å². The zero-order valence-electron chi connectivity index (χ0n) is 14.0. The Hall–Kier alpha value is -2.16. The first-order valence-electron chi connectivity index (χ1n) is 7.86. The summed E-state index contributed by atoms with van der Waals surface area (Å²) in [6.07, 6.45) is 0.797. The fourth-order valence-electron chi connectivity index (χ4n) is 2.95. The third kappa shape index (κ3) is 3.19. The van der Waals surface area contributed by atoms with Crippen LogP contribution < -0.4 is 17.2 Å². The van der Waals surface area contributed by atoms with Crippen LogP contribution in [0.25, 0.3) is 0 Å². The molecule has 3 heteroatoms. The molecule has 6 N–H and O–H groups in total. The summed E-state index contributed by atoms with van der Waals surface area (Å²) >= 11 is 0. The summed E-state index contributed by atoms with van der Waals surface area (Å²) in [6.45, 7) is 8.55. The van der Waals surface area contributed by atoms with Crippen LogP contribution in [0.15, 0.2) is 30.3 Å². The molecule has 3 nitrogen and oxygen atoms in total. The molecular formula is C19H27N3. The number of benzene rings is 2. The molecule has 0 spiro atoms. The van der Waals surface area contributed by atoms with Gasteiger partial charge in [0.25, 0.3) is 0 Å². The Morgan fingerprint density at radius 3 is 2.05 bits per heavy atom. The van der Waals surface area contributed by atoms with Crippen LogP contribution in [0, 0.1) is 0 Å². The lowest BCUT2D eigenvalue weighted by atomic mass is 9.91. The van der Waals surface area contributed by atoms with Gasteiger partial charge in [0.05, 0.1) is 0 Å². The van der Waals surface area contributed by atoms with Gasteiger partial charge in [0.1, 0.15) is 0 Å². The highest BCUT2D eigenvalue weighted by Crippen LogP contribution is 2.32. The minimum absolute atomic E-state index is 0.317. The SMILES string of the molecule is CC(C)c1cc(Cc2ccc(N)c(C(C)C)c2N)ccc1N. The predicted molar refractivity (Wildman–Crippen MR) is 97.1 cm³/mol. The minimum Gasteiger partial charge on any atom is -0.398 e. The lowest BCUT2D eigenvalue weighted by Gasteiger charge is -2.17. The second-order valence-electron chi connectivity index (χ2n) is 6.59. The number of hydrogen-bond acceptors (Lipinski definition) is 3. The maximum atomic E-state index is 6.36. The lowest BCUT2D eigenvalue weighted by molar-refractivity contribution is 0.865. The quantitative estimate of drug-likeness (QED) is 0.737. The molecule has 0 saturated heterocycles. The van der Waals surface area contributed by atoms with Crippen molar-refractivity contribution in [2.45, 2.75) is 46.0 Å². The van der Waals surface area contributed by atoms with Gasteiger partial charge in [0.15, 0.2) is 0 Å². The Bertz CT molecular complexity index is 673. The Balaban J connectivity index is 2.40. The Labute approximate surface area is 133 Å². The molecule has 0 heterocycles. The second kappa shape index (κ2) is 6.30. The summed E-state index contributed by atoms with van der Waals surface area (Å²) in [5, 5.41) is 0. The van der Waals surface area contributed by atoms with Crippen molar-refractivity contribution in [1.29, 1.82) is 0 Å². The predicted octanol–water partition coefficient (Wildman–Crippen LogP) is 4.27. The van der Waals surface area contributed by atoms with E-state index in [1.807, 2.05) is 18.2 Å². The van der Waals surface area contributed by atoms with Gasteiger partial charge >= 0.3 is 0 Å². The van der Waals surface area contributed by atoms with Crippen LogP contribution in [0.1, 0.15) is 61.8 Å². The van der Waals surface area contributed by atoms with Gasteiger partial charge in [-0.05, 0) is 47.1 Å². The highest BCUT2D eigenvalue weighted by molar-refractivity contribution is 5.67. The lowest BCUT2D eigenvalue weighted by Crippen LogP contribution is -2.06. The maximum absolute atomic E-state index is 6.36. The van der Waals surface area contributed by atoms with E-state index < -0.39 is 0 Å². The van der Waals surface area contributed by atoms with E-state index in [1.54, 1.807) is 0 Å². The van der Waals surface area contributed by atoms with Crippen molar-refractivity contribution >= 4 is 17.1 Å². The van der Waals surface area contributed by atoms with Crippen LogP contribution in [0.2, 0.25) is 0 Å². The van der Waals surface area contributed by atoms with Crippen molar-refractivity contribution in [2.75, 3.05) is 17.2 Å². The molecule has 0 saturated carbocycles. The molecule has 0 bridgehead atoms. The number of hydrogen-bond donors (Lipinski definition) is 3. The minimum atomic E-state index is 0.317. The van der Waals surface area contributed by atoms with Gasteiger partial charge in [0, 0.05) is 22.6 Å². The Morgan fingerprint density at radius 1 is 0.818 bits per heavy atom. The highest BCUT2D eigenvalue weighted by atomic mass is 14.6. The van der Waals surface area contributed by atoms with E-state index in [1.165, 1.54) is 11.1 Å². The van der Waals surface area contributed by atoms with Gasteiger partial charge in [0.2, 0.25) is 0 Å².